The van der Waals surface area contributed by atoms with E-state index in [0.717, 1.165) is 0 Å². The van der Waals surface area contributed by atoms with E-state index in [1.165, 1.54) is 0 Å². The molecule has 0 atom stereocenters. The SMILES string of the molecule is CO[Si](C)(C)[Si](C)C.[C-]#[O+].[C-]#[O+].[CH]1[CH][CH][CH][CH]1.[Ru+]. The van der Waals surface area contributed by atoms with Crippen LogP contribution in [0, 0.1) is 45.4 Å². The summed E-state index contributed by atoms with van der Waals surface area (Å²) in [5.74, 6) is 0. The summed E-state index contributed by atoms with van der Waals surface area (Å²) in [7, 11) is 0.539. The van der Waals surface area contributed by atoms with Gasteiger partial charge >= 0.3 is 42.1 Å². The van der Waals surface area contributed by atoms with E-state index in [2.05, 4.69) is 39.5 Å². The Balaban J connectivity index is -0.0000000847. The summed E-state index contributed by atoms with van der Waals surface area (Å²) < 4.78 is 20.4. The second kappa shape index (κ2) is 19.8. The molecule has 3 nitrogen and oxygen atoms in total. The largest absolute Gasteiger partial charge is 1.00 e. The molecule has 0 unspecified atom stereocenters. The minimum absolute atomic E-state index is 0. The molecule has 1 fully saturated rings. The summed E-state index contributed by atoms with van der Waals surface area (Å²) in [6.45, 7) is 18.2. The average Bonchev–Trinajstić information content (AvgIpc) is 2.93. The minimum atomic E-state index is -1.15. The summed E-state index contributed by atoms with van der Waals surface area (Å²) in [5, 5.41) is 0. The summed E-state index contributed by atoms with van der Waals surface area (Å²) in [4.78, 5) is 0. The molecule has 1 saturated carbocycles. The Hall–Kier alpha value is 0.497. The average molecular weight is 370 g/mol. The van der Waals surface area contributed by atoms with E-state index in [4.69, 9.17) is 13.7 Å². The molecule has 0 heterocycles. The van der Waals surface area contributed by atoms with Gasteiger partial charge in [0.2, 0.25) is 0 Å². The maximum atomic E-state index is 7.50. The van der Waals surface area contributed by atoms with Crippen LogP contribution in [0.2, 0.25) is 26.2 Å². The van der Waals surface area contributed by atoms with Crippen LogP contribution < -0.4 is 0 Å². The summed E-state index contributed by atoms with van der Waals surface area (Å²) in [6, 6.07) is 0. The molecule has 1 aliphatic carbocycles. The molecule has 0 aromatic carbocycles. The van der Waals surface area contributed by atoms with Gasteiger partial charge in [0.1, 0.15) is 0 Å². The van der Waals surface area contributed by atoms with Crippen molar-refractivity contribution in [1.29, 1.82) is 0 Å². The van der Waals surface area contributed by atoms with Crippen LogP contribution in [-0.4, -0.2) is 23.3 Å². The Morgan fingerprint density at radius 3 is 1.17 bits per heavy atom. The van der Waals surface area contributed by atoms with Crippen molar-refractivity contribution in [1.82, 2.24) is 0 Å². The number of rotatable bonds is 2. The summed E-state index contributed by atoms with van der Waals surface area (Å²) >= 11 is 0. The van der Waals surface area contributed by atoms with Gasteiger partial charge in [0.25, 0.3) is 0 Å². The van der Waals surface area contributed by atoms with E-state index in [9.17, 15) is 0 Å². The first-order valence-corrected chi connectivity index (χ1v) is 11.3. The fraction of sp³-hybridized carbons (Fsp3) is 0.417. The van der Waals surface area contributed by atoms with Crippen molar-refractivity contribution in [2.24, 2.45) is 0 Å². The van der Waals surface area contributed by atoms with Crippen LogP contribution in [0.3, 0.4) is 0 Å². The molecule has 0 saturated heterocycles. The van der Waals surface area contributed by atoms with E-state index >= 15 is 0 Å². The fourth-order valence-corrected chi connectivity index (χ4v) is 2.16. The zero-order chi connectivity index (χ0) is 14.3. The Kier molecular flexibility index (Phi) is 29.7. The summed E-state index contributed by atoms with van der Waals surface area (Å²) in [5.41, 5.74) is 0. The van der Waals surface area contributed by atoms with E-state index in [-0.39, 0.29) is 27.8 Å². The quantitative estimate of drug-likeness (QED) is 0.419. The van der Waals surface area contributed by atoms with Gasteiger partial charge in [0.05, 0.1) is 8.31 Å². The van der Waals surface area contributed by atoms with Crippen molar-refractivity contribution >= 4 is 16.1 Å². The Morgan fingerprint density at radius 2 is 1.11 bits per heavy atom. The molecule has 0 amide bonds. The van der Waals surface area contributed by atoms with E-state index < -0.39 is 7.83 Å². The van der Waals surface area contributed by atoms with Crippen LogP contribution >= 0.6 is 0 Å². The second-order valence-electron chi connectivity index (χ2n) is 3.68. The Bertz CT molecular complexity index is 177. The molecule has 1 aliphatic rings. The van der Waals surface area contributed by atoms with Gasteiger partial charge in [0.15, 0.2) is 7.83 Å². The third-order valence-electron chi connectivity index (χ3n) is 2.27. The molecule has 18 heavy (non-hydrogen) atoms. The van der Waals surface area contributed by atoms with Crippen LogP contribution in [-0.2, 0) is 33.2 Å². The van der Waals surface area contributed by atoms with Crippen LogP contribution in [0.4, 0.5) is 0 Å². The predicted octanol–water partition coefficient (Wildman–Crippen LogP) is 2.61. The number of hydrogen-bond acceptors (Lipinski definition) is 1. The molecule has 0 bridgehead atoms. The maximum Gasteiger partial charge on any atom is 1.00 e. The monoisotopic (exact) mass is 370 g/mol. The third-order valence-corrected chi connectivity index (χ3v) is 13.5. The smallest absolute Gasteiger partial charge is 0.0312 e. The van der Waals surface area contributed by atoms with Gasteiger partial charge in [-0.1, -0.05) is 13.1 Å². The molecule has 0 aliphatic heterocycles. The zero-order valence-corrected chi connectivity index (χ0v) is 15.2. The number of hydrogen-bond donors (Lipinski definition) is 0. The molecular weight excluding hydrogens is 349 g/mol. The zero-order valence-electron chi connectivity index (χ0n) is 11.5. The molecular formula is C12H20O3RuSi2+. The van der Waals surface area contributed by atoms with Crippen molar-refractivity contribution in [2.45, 2.75) is 26.2 Å². The van der Waals surface area contributed by atoms with Gasteiger partial charge in [-0.3, -0.25) is 0 Å². The second-order valence-corrected chi connectivity index (χ2v) is 15.7. The first-order valence-electron chi connectivity index (χ1n) is 4.94. The van der Waals surface area contributed by atoms with Crippen LogP contribution in [0.1, 0.15) is 0 Å². The van der Waals surface area contributed by atoms with Gasteiger partial charge in [-0.05, 0) is 45.2 Å². The molecule has 7 radical (unpaired) electrons. The molecule has 0 aromatic rings. The van der Waals surface area contributed by atoms with Crippen molar-refractivity contribution in [3.8, 4) is 0 Å². The van der Waals surface area contributed by atoms with E-state index in [0.29, 0.717) is 0 Å². The Morgan fingerprint density at radius 1 is 0.889 bits per heavy atom. The first-order chi connectivity index (χ1) is 8.00. The standard InChI is InChI=1S/C5H15OSi2.C5H5.2CO.Ru/c1-6-8(4,5)7(2)3;1-2-4-5-3-1;2*1-2;/h1-5H3;1-5H;;;/q;;;;+1. The first kappa shape index (κ1) is 26.9. The van der Waals surface area contributed by atoms with E-state index in [1.807, 2.05) is 39.2 Å². The Labute approximate surface area is 128 Å². The molecule has 0 N–H and O–H groups in total. The molecule has 101 valence electrons. The van der Waals surface area contributed by atoms with Crippen molar-refractivity contribution in [2.75, 3.05) is 7.11 Å². The summed E-state index contributed by atoms with van der Waals surface area (Å²) in [6.07, 6.45) is 10.0. The normalized spacial score (nSPS) is 12.6. The third kappa shape index (κ3) is 18.9. The fourth-order valence-electron chi connectivity index (χ4n) is 0.525. The van der Waals surface area contributed by atoms with Gasteiger partial charge in [-0.2, -0.15) is 0 Å². The molecule has 0 spiro atoms. The molecule has 0 aromatic heterocycles. The van der Waals surface area contributed by atoms with Gasteiger partial charge < -0.3 is 4.43 Å². The van der Waals surface area contributed by atoms with Crippen molar-refractivity contribution in [3.63, 3.8) is 0 Å². The van der Waals surface area contributed by atoms with Gasteiger partial charge in [-0.25, -0.2) is 0 Å². The molecule has 1 rings (SSSR count). The van der Waals surface area contributed by atoms with Crippen molar-refractivity contribution < 1.29 is 33.2 Å². The van der Waals surface area contributed by atoms with Crippen LogP contribution in [0.25, 0.3) is 0 Å². The maximum absolute atomic E-state index is 7.50. The minimum Gasteiger partial charge on any atom is -0.0312 e. The van der Waals surface area contributed by atoms with Gasteiger partial charge in [-0.15, -0.1) is 0 Å². The van der Waals surface area contributed by atoms with Crippen molar-refractivity contribution in [3.05, 3.63) is 45.4 Å². The van der Waals surface area contributed by atoms with Crippen LogP contribution in [0.15, 0.2) is 0 Å². The topological polar surface area (TPSA) is 49.0 Å². The van der Waals surface area contributed by atoms with Gasteiger partial charge in [0, 0.05) is 7.11 Å². The van der Waals surface area contributed by atoms with Crippen LogP contribution in [0.5, 0.6) is 0 Å². The van der Waals surface area contributed by atoms with E-state index in [1.54, 1.807) is 0 Å². The molecule has 6 heteroatoms. The predicted molar refractivity (Wildman–Crippen MR) is 71.3 cm³/mol.